The third kappa shape index (κ3) is 3.53. The summed E-state index contributed by atoms with van der Waals surface area (Å²) in [6, 6.07) is 7.33. The Labute approximate surface area is 160 Å². The Balaban J connectivity index is 1.45. The zero-order chi connectivity index (χ0) is 19.0. The van der Waals surface area contributed by atoms with Crippen LogP contribution in [-0.2, 0) is 14.8 Å². The van der Waals surface area contributed by atoms with Crippen LogP contribution < -0.4 is 0 Å². The molecule has 1 aromatic carbocycles. The van der Waals surface area contributed by atoms with Gasteiger partial charge >= 0.3 is 0 Å². The summed E-state index contributed by atoms with van der Waals surface area (Å²) in [6.45, 7) is 6.60. The molecule has 0 bridgehead atoms. The van der Waals surface area contributed by atoms with Crippen molar-refractivity contribution in [2.45, 2.75) is 49.5 Å². The van der Waals surface area contributed by atoms with E-state index in [2.05, 4.69) is 28.6 Å². The lowest BCUT2D eigenvalue weighted by atomic mass is 9.98. The molecule has 0 spiro atoms. The highest BCUT2D eigenvalue weighted by Crippen LogP contribution is 2.33. The predicted octanol–water partition coefficient (Wildman–Crippen LogP) is 2.54. The molecule has 0 N–H and O–H groups in total. The molecule has 146 valence electrons. The van der Waals surface area contributed by atoms with E-state index < -0.39 is 10.0 Å². The normalized spacial score (nSPS) is 20.1. The lowest BCUT2D eigenvalue weighted by Crippen LogP contribution is -2.50. The number of rotatable bonds is 5. The summed E-state index contributed by atoms with van der Waals surface area (Å²) in [5.74, 6) is 1.68. The number of sulfonamides is 1. The lowest BCUT2D eigenvalue weighted by Gasteiger charge is -2.39. The van der Waals surface area contributed by atoms with E-state index in [0.717, 1.165) is 37.4 Å². The van der Waals surface area contributed by atoms with Crippen molar-refractivity contribution in [1.82, 2.24) is 19.1 Å². The highest BCUT2D eigenvalue weighted by molar-refractivity contribution is 7.89. The van der Waals surface area contributed by atoms with Crippen molar-refractivity contribution in [2.75, 3.05) is 26.3 Å². The van der Waals surface area contributed by atoms with E-state index >= 15 is 0 Å². The first kappa shape index (κ1) is 18.6. The smallest absolute Gasteiger partial charge is 0.243 e. The van der Waals surface area contributed by atoms with Crippen LogP contribution in [0.5, 0.6) is 0 Å². The van der Waals surface area contributed by atoms with Crippen LogP contribution >= 0.6 is 0 Å². The third-order valence-electron chi connectivity index (χ3n) is 5.59. The summed E-state index contributed by atoms with van der Waals surface area (Å²) >= 11 is 0. The van der Waals surface area contributed by atoms with Gasteiger partial charge in [-0.15, -0.1) is 10.2 Å². The van der Waals surface area contributed by atoms with Crippen molar-refractivity contribution in [3.05, 3.63) is 42.0 Å². The topological polar surface area (TPSA) is 77.3 Å². The Kier molecular flexibility index (Phi) is 5.05. The molecule has 0 unspecified atom stereocenters. The standard InChI is InChI=1S/C19H26N4O3S/c1-14(2)15-3-5-18(6-4-15)27(24,25)22-11-17(12-22)23-13-20-21-19(23)16-7-9-26-10-8-16/h3-6,13-14,16-17H,7-12H2,1-2H3. The molecule has 0 saturated carbocycles. The van der Waals surface area contributed by atoms with E-state index in [0.29, 0.717) is 29.8 Å². The Morgan fingerprint density at radius 1 is 1.11 bits per heavy atom. The Morgan fingerprint density at radius 3 is 2.41 bits per heavy atom. The minimum Gasteiger partial charge on any atom is -0.381 e. The number of ether oxygens (including phenoxy) is 1. The van der Waals surface area contributed by atoms with Gasteiger partial charge in [-0.05, 0) is 36.5 Å². The van der Waals surface area contributed by atoms with Crippen molar-refractivity contribution >= 4 is 10.0 Å². The molecule has 1 aromatic heterocycles. The van der Waals surface area contributed by atoms with Crippen LogP contribution in [0.25, 0.3) is 0 Å². The number of nitrogens with zero attached hydrogens (tertiary/aromatic N) is 4. The van der Waals surface area contributed by atoms with Crippen LogP contribution in [0.15, 0.2) is 35.5 Å². The second-order valence-corrected chi connectivity index (χ2v) is 9.62. The van der Waals surface area contributed by atoms with E-state index in [4.69, 9.17) is 4.74 Å². The van der Waals surface area contributed by atoms with Gasteiger partial charge < -0.3 is 9.30 Å². The summed E-state index contributed by atoms with van der Waals surface area (Å²) in [6.07, 6.45) is 3.61. The fraction of sp³-hybridized carbons (Fsp3) is 0.579. The van der Waals surface area contributed by atoms with Gasteiger partial charge in [0.15, 0.2) is 0 Å². The van der Waals surface area contributed by atoms with Crippen LogP contribution in [0.2, 0.25) is 0 Å². The summed E-state index contributed by atoms with van der Waals surface area (Å²) in [7, 11) is -3.45. The maximum absolute atomic E-state index is 12.9. The van der Waals surface area contributed by atoms with Gasteiger partial charge in [0.1, 0.15) is 12.2 Å². The second kappa shape index (κ2) is 7.33. The quantitative estimate of drug-likeness (QED) is 0.784. The van der Waals surface area contributed by atoms with Crippen molar-refractivity contribution in [1.29, 1.82) is 0 Å². The van der Waals surface area contributed by atoms with Gasteiger partial charge in [-0.1, -0.05) is 26.0 Å². The van der Waals surface area contributed by atoms with Crippen molar-refractivity contribution < 1.29 is 13.2 Å². The monoisotopic (exact) mass is 390 g/mol. The van der Waals surface area contributed by atoms with Crippen molar-refractivity contribution in [2.24, 2.45) is 0 Å². The molecule has 0 amide bonds. The summed E-state index contributed by atoms with van der Waals surface area (Å²) < 4.78 is 34.8. The zero-order valence-corrected chi connectivity index (χ0v) is 16.6. The van der Waals surface area contributed by atoms with Crippen LogP contribution in [0, 0.1) is 0 Å². The minimum atomic E-state index is -3.45. The fourth-order valence-electron chi connectivity index (χ4n) is 3.74. The average Bonchev–Trinajstić information content (AvgIpc) is 3.10. The van der Waals surface area contributed by atoms with Crippen molar-refractivity contribution in [3.63, 3.8) is 0 Å². The summed E-state index contributed by atoms with van der Waals surface area (Å²) in [4.78, 5) is 0.360. The maximum Gasteiger partial charge on any atom is 0.243 e. The molecular weight excluding hydrogens is 364 g/mol. The molecule has 2 aromatic rings. The Hall–Kier alpha value is -1.77. The van der Waals surface area contributed by atoms with E-state index in [1.54, 1.807) is 18.5 Å². The van der Waals surface area contributed by atoms with Gasteiger partial charge in [0.2, 0.25) is 10.0 Å². The highest BCUT2D eigenvalue weighted by atomic mass is 32.2. The van der Waals surface area contributed by atoms with E-state index in [1.165, 1.54) is 4.31 Å². The van der Waals surface area contributed by atoms with Gasteiger partial charge in [0, 0.05) is 32.2 Å². The van der Waals surface area contributed by atoms with Gasteiger partial charge in [0.05, 0.1) is 10.9 Å². The molecule has 2 saturated heterocycles. The van der Waals surface area contributed by atoms with Crippen LogP contribution in [0.1, 0.15) is 56.0 Å². The molecule has 0 aliphatic carbocycles. The predicted molar refractivity (Wildman–Crippen MR) is 101 cm³/mol. The first-order chi connectivity index (χ1) is 13.0. The van der Waals surface area contributed by atoms with E-state index in [1.807, 2.05) is 12.1 Å². The number of benzene rings is 1. The third-order valence-corrected chi connectivity index (χ3v) is 7.44. The van der Waals surface area contributed by atoms with Crippen molar-refractivity contribution in [3.8, 4) is 0 Å². The first-order valence-corrected chi connectivity index (χ1v) is 11.0. The molecule has 7 nitrogen and oxygen atoms in total. The molecule has 2 aliphatic rings. The highest BCUT2D eigenvalue weighted by Gasteiger charge is 2.39. The molecule has 2 fully saturated rings. The molecular formula is C19H26N4O3S. The summed E-state index contributed by atoms with van der Waals surface area (Å²) in [5.41, 5.74) is 1.14. The molecule has 4 rings (SSSR count). The molecule has 0 atom stereocenters. The van der Waals surface area contributed by atoms with Crippen LogP contribution in [0.4, 0.5) is 0 Å². The fourth-order valence-corrected chi connectivity index (χ4v) is 5.26. The largest absolute Gasteiger partial charge is 0.381 e. The first-order valence-electron chi connectivity index (χ1n) is 9.54. The Morgan fingerprint density at radius 2 is 1.78 bits per heavy atom. The van der Waals surface area contributed by atoms with Gasteiger partial charge in [-0.25, -0.2) is 8.42 Å². The van der Waals surface area contributed by atoms with Crippen LogP contribution in [0.3, 0.4) is 0 Å². The Bertz CT molecular complexity index is 880. The molecule has 3 heterocycles. The number of hydrogen-bond acceptors (Lipinski definition) is 5. The average molecular weight is 391 g/mol. The molecule has 27 heavy (non-hydrogen) atoms. The van der Waals surface area contributed by atoms with Gasteiger partial charge in [-0.3, -0.25) is 0 Å². The number of aromatic nitrogens is 3. The number of hydrogen-bond donors (Lipinski definition) is 0. The maximum atomic E-state index is 12.9. The van der Waals surface area contributed by atoms with E-state index in [-0.39, 0.29) is 6.04 Å². The molecule has 2 aliphatic heterocycles. The SMILES string of the molecule is CC(C)c1ccc(S(=O)(=O)N2CC(n3cnnc3C3CCOCC3)C2)cc1. The lowest BCUT2D eigenvalue weighted by molar-refractivity contribution is 0.0811. The van der Waals surface area contributed by atoms with Crippen LogP contribution in [-0.4, -0.2) is 53.8 Å². The zero-order valence-electron chi connectivity index (χ0n) is 15.8. The molecule has 0 radical (unpaired) electrons. The summed E-state index contributed by atoms with van der Waals surface area (Å²) in [5, 5.41) is 8.38. The second-order valence-electron chi connectivity index (χ2n) is 7.68. The minimum absolute atomic E-state index is 0.0996. The van der Waals surface area contributed by atoms with Gasteiger partial charge in [0.25, 0.3) is 0 Å². The molecule has 8 heteroatoms. The van der Waals surface area contributed by atoms with Gasteiger partial charge in [-0.2, -0.15) is 4.31 Å². The van der Waals surface area contributed by atoms with E-state index in [9.17, 15) is 8.42 Å².